The molecule has 17 heavy (non-hydrogen) atoms. The Morgan fingerprint density at radius 1 is 1.29 bits per heavy atom. The van der Waals surface area contributed by atoms with E-state index in [4.69, 9.17) is 10.5 Å². The highest BCUT2D eigenvalue weighted by Crippen LogP contribution is 2.31. The number of ether oxygens (including phenoxy) is 1. The summed E-state index contributed by atoms with van der Waals surface area (Å²) in [6.07, 6.45) is 2.83. The van der Waals surface area contributed by atoms with Gasteiger partial charge in [0.1, 0.15) is 11.6 Å². The van der Waals surface area contributed by atoms with E-state index in [1.165, 1.54) is 11.1 Å². The van der Waals surface area contributed by atoms with Crippen molar-refractivity contribution in [1.29, 1.82) is 0 Å². The van der Waals surface area contributed by atoms with Crippen LogP contribution in [-0.2, 0) is 6.42 Å². The van der Waals surface area contributed by atoms with E-state index in [9.17, 15) is 0 Å². The van der Waals surface area contributed by atoms with E-state index < -0.39 is 0 Å². The van der Waals surface area contributed by atoms with Crippen molar-refractivity contribution in [3.63, 3.8) is 0 Å². The van der Waals surface area contributed by atoms with E-state index in [1.807, 2.05) is 18.3 Å². The first-order valence-electron chi connectivity index (χ1n) is 5.72. The number of fused-ring (bicyclic) bond motifs is 1. The van der Waals surface area contributed by atoms with Crippen LogP contribution in [0.2, 0.25) is 0 Å². The zero-order valence-electron chi connectivity index (χ0n) is 9.73. The predicted molar refractivity (Wildman–Crippen MR) is 68.0 cm³/mol. The lowest BCUT2D eigenvalue weighted by Gasteiger charge is -2.07. The van der Waals surface area contributed by atoms with Gasteiger partial charge in [-0.3, -0.25) is 0 Å². The number of aromatic nitrogens is 1. The van der Waals surface area contributed by atoms with Crippen LogP contribution in [0.25, 0.3) is 11.1 Å². The van der Waals surface area contributed by atoms with E-state index in [2.05, 4.69) is 24.0 Å². The molecular weight excluding hydrogens is 212 g/mol. The van der Waals surface area contributed by atoms with Crippen molar-refractivity contribution in [2.75, 3.05) is 12.3 Å². The topological polar surface area (TPSA) is 48.1 Å². The summed E-state index contributed by atoms with van der Waals surface area (Å²) in [4.78, 5) is 4.16. The Bertz CT molecular complexity index is 578. The van der Waals surface area contributed by atoms with Gasteiger partial charge in [0.15, 0.2) is 0 Å². The van der Waals surface area contributed by atoms with Crippen molar-refractivity contribution in [1.82, 2.24) is 4.98 Å². The Kier molecular flexibility index (Phi) is 2.25. The maximum atomic E-state index is 5.66. The van der Waals surface area contributed by atoms with Crippen molar-refractivity contribution in [2.45, 2.75) is 13.3 Å². The van der Waals surface area contributed by atoms with Crippen LogP contribution in [-0.4, -0.2) is 11.6 Å². The molecule has 3 heteroatoms. The molecule has 0 aliphatic carbocycles. The minimum atomic E-state index is 0.566. The normalized spacial score (nSPS) is 13.2. The van der Waals surface area contributed by atoms with E-state index >= 15 is 0 Å². The fourth-order valence-corrected chi connectivity index (χ4v) is 2.23. The monoisotopic (exact) mass is 226 g/mol. The van der Waals surface area contributed by atoms with E-state index in [-0.39, 0.29) is 0 Å². The molecule has 0 atom stereocenters. The molecule has 0 bridgehead atoms. The zero-order chi connectivity index (χ0) is 11.8. The second-order valence-corrected chi connectivity index (χ2v) is 4.35. The lowest BCUT2D eigenvalue weighted by Crippen LogP contribution is -1.93. The molecule has 86 valence electrons. The molecule has 0 amide bonds. The molecule has 2 N–H and O–H groups in total. The molecule has 0 saturated heterocycles. The van der Waals surface area contributed by atoms with Gasteiger partial charge in [-0.15, -0.1) is 0 Å². The van der Waals surface area contributed by atoms with Gasteiger partial charge in [-0.1, -0.05) is 6.07 Å². The fourth-order valence-electron chi connectivity index (χ4n) is 2.23. The second kappa shape index (κ2) is 3.77. The van der Waals surface area contributed by atoms with Crippen molar-refractivity contribution < 1.29 is 4.74 Å². The third-order valence-corrected chi connectivity index (χ3v) is 3.13. The average molecular weight is 226 g/mol. The molecule has 1 aliphatic heterocycles. The van der Waals surface area contributed by atoms with Gasteiger partial charge < -0.3 is 10.5 Å². The Morgan fingerprint density at radius 2 is 2.18 bits per heavy atom. The third kappa shape index (κ3) is 1.73. The maximum absolute atomic E-state index is 5.66. The first kappa shape index (κ1) is 10.1. The first-order chi connectivity index (χ1) is 8.24. The van der Waals surface area contributed by atoms with Crippen molar-refractivity contribution in [2.24, 2.45) is 0 Å². The highest BCUT2D eigenvalue weighted by molar-refractivity contribution is 5.69. The van der Waals surface area contributed by atoms with E-state index in [0.717, 1.165) is 29.9 Å². The summed E-state index contributed by atoms with van der Waals surface area (Å²) in [5.41, 5.74) is 10.4. The van der Waals surface area contributed by atoms with Crippen LogP contribution in [0.15, 0.2) is 30.5 Å². The van der Waals surface area contributed by atoms with E-state index in [1.54, 1.807) is 0 Å². The van der Waals surface area contributed by atoms with Gasteiger partial charge in [-0.05, 0) is 41.8 Å². The molecule has 0 radical (unpaired) electrons. The summed E-state index contributed by atoms with van der Waals surface area (Å²) < 4.78 is 5.50. The molecule has 2 heterocycles. The van der Waals surface area contributed by atoms with Gasteiger partial charge in [0, 0.05) is 18.2 Å². The molecule has 1 aromatic carbocycles. The number of nitrogen functional groups attached to an aromatic ring is 1. The Balaban J connectivity index is 2.09. The molecule has 2 aromatic rings. The maximum Gasteiger partial charge on any atom is 0.123 e. The number of hydrogen-bond donors (Lipinski definition) is 1. The molecule has 0 fully saturated rings. The molecular formula is C14H14N2O. The number of hydrogen-bond acceptors (Lipinski definition) is 3. The molecule has 0 saturated carbocycles. The first-order valence-corrected chi connectivity index (χ1v) is 5.72. The van der Waals surface area contributed by atoms with Crippen LogP contribution >= 0.6 is 0 Å². The summed E-state index contributed by atoms with van der Waals surface area (Å²) >= 11 is 0. The van der Waals surface area contributed by atoms with Gasteiger partial charge in [0.05, 0.1) is 6.61 Å². The van der Waals surface area contributed by atoms with Crippen LogP contribution in [0.5, 0.6) is 5.75 Å². The van der Waals surface area contributed by atoms with E-state index in [0.29, 0.717) is 5.82 Å². The molecule has 1 aliphatic rings. The molecule has 0 unspecified atom stereocenters. The number of nitrogens with two attached hydrogens (primary N) is 1. The minimum Gasteiger partial charge on any atom is -0.493 e. The van der Waals surface area contributed by atoms with Crippen molar-refractivity contribution in [3.8, 4) is 16.9 Å². The summed E-state index contributed by atoms with van der Waals surface area (Å²) in [7, 11) is 0. The smallest absolute Gasteiger partial charge is 0.123 e. The molecule has 0 spiro atoms. The van der Waals surface area contributed by atoms with Crippen LogP contribution in [0.3, 0.4) is 0 Å². The average Bonchev–Trinajstić information content (AvgIpc) is 2.75. The number of aryl methyl sites for hydroxylation is 1. The lowest BCUT2D eigenvalue weighted by atomic mass is 10.00. The quantitative estimate of drug-likeness (QED) is 0.813. The standard InChI is InChI=1S/C14H14N2O/c1-9-6-14(15)16-8-12(9)10-2-3-13-11(7-10)4-5-17-13/h2-3,6-8H,4-5H2,1H3,(H2,15,16). The number of rotatable bonds is 1. The zero-order valence-corrected chi connectivity index (χ0v) is 9.73. The van der Waals surface area contributed by atoms with Gasteiger partial charge in [0.25, 0.3) is 0 Å². The SMILES string of the molecule is Cc1cc(N)ncc1-c1ccc2c(c1)CCO2. The van der Waals surface area contributed by atoms with Gasteiger partial charge in [-0.2, -0.15) is 0 Å². The van der Waals surface area contributed by atoms with Gasteiger partial charge >= 0.3 is 0 Å². The summed E-state index contributed by atoms with van der Waals surface area (Å²) in [5.74, 6) is 1.57. The largest absolute Gasteiger partial charge is 0.493 e. The Hall–Kier alpha value is -2.03. The number of anilines is 1. The molecule has 1 aromatic heterocycles. The number of benzene rings is 1. The van der Waals surface area contributed by atoms with Gasteiger partial charge in [0.2, 0.25) is 0 Å². The summed E-state index contributed by atoms with van der Waals surface area (Å²) in [6, 6.07) is 8.19. The van der Waals surface area contributed by atoms with Crippen LogP contribution in [0, 0.1) is 6.92 Å². The van der Waals surface area contributed by atoms with Crippen molar-refractivity contribution in [3.05, 3.63) is 41.6 Å². The Labute approximate surface area is 100 Å². The Morgan fingerprint density at radius 3 is 3.00 bits per heavy atom. The third-order valence-electron chi connectivity index (χ3n) is 3.13. The van der Waals surface area contributed by atoms with Crippen molar-refractivity contribution >= 4 is 5.82 Å². The fraction of sp³-hybridized carbons (Fsp3) is 0.214. The molecule has 3 rings (SSSR count). The minimum absolute atomic E-state index is 0.566. The second-order valence-electron chi connectivity index (χ2n) is 4.35. The van der Waals surface area contributed by atoms with Gasteiger partial charge in [-0.25, -0.2) is 4.98 Å². The number of nitrogens with zero attached hydrogens (tertiary/aromatic N) is 1. The summed E-state index contributed by atoms with van der Waals surface area (Å²) in [5, 5.41) is 0. The number of pyridine rings is 1. The molecule has 3 nitrogen and oxygen atoms in total. The predicted octanol–water partition coefficient (Wildman–Crippen LogP) is 2.57. The lowest BCUT2D eigenvalue weighted by molar-refractivity contribution is 0.357. The van der Waals surface area contributed by atoms with Crippen LogP contribution in [0.1, 0.15) is 11.1 Å². The summed E-state index contributed by atoms with van der Waals surface area (Å²) in [6.45, 7) is 2.84. The van der Waals surface area contributed by atoms with Crippen LogP contribution in [0.4, 0.5) is 5.82 Å². The highest BCUT2D eigenvalue weighted by atomic mass is 16.5. The highest BCUT2D eigenvalue weighted by Gasteiger charge is 2.13. The van der Waals surface area contributed by atoms with Crippen LogP contribution < -0.4 is 10.5 Å².